The quantitative estimate of drug-likeness (QED) is 0.220. The van der Waals surface area contributed by atoms with Crippen LogP contribution in [0.25, 0.3) is 6.08 Å². The maximum Gasteiger partial charge on any atom is 0.335 e. The summed E-state index contributed by atoms with van der Waals surface area (Å²) in [6, 6.07) is 14.9. The zero-order chi connectivity index (χ0) is 27.9. The highest BCUT2D eigenvalue weighted by Crippen LogP contribution is 2.36. The Morgan fingerprint density at radius 1 is 1.03 bits per heavy atom. The zero-order valence-corrected chi connectivity index (χ0v) is 21.5. The summed E-state index contributed by atoms with van der Waals surface area (Å²) in [5.41, 5.74) is 1.86. The fourth-order valence-electron chi connectivity index (χ4n) is 4.07. The minimum Gasteiger partial charge on any atom is -0.497 e. The van der Waals surface area contributed by atoms with Crippen molar-refractivity contribution in [1.82, 2.24) is 5.32 Å². The smallest absolute Gasteiger partial charge is 0.335 e. The number of allylic oxidation sites excluding steroid dienone is 1. The molecule has 3 aromatic rings. The molecule has 4 amide bonds. The Hall–Kier alpha value is -4.92. The first kappa shape index (κ1) is 27.1. The lowest BCUT2D eigenvalue weighted by Gasteiger charge is -2.26. The molecule has 0 atom stereocenters. The third-order valence-corrected chi connectivity index (χ3v) is 5.83. The number of urea groups is 1. The summed E-state index contributed by atoms with van der Waals surface area (Å²) in [6.45, 7) is 6.04. The van der Waals surface area contributed by atoms with Gasteiger partial charge in [-0.2, -0.15) is 0 Å². The second-order valence-corrected chi connectivity index (χ2v) is 8.51. The second-order valence-electron chi connectivity index (χ2n) is 8.51. The molecule has 4 rings (SSSR count). The molecule has 0 saturated carbocycles. The minimum absolute atomic E-state index is 0.0994. The number of hydrogen-bond acceptors (Lipinski definition) is 6. The molecule has 8 nitrogen and oxygen atoms in total. The first-order valence-electron chi connectivity index (χ1n) is 12.2. The van der Waals surface area contributed by atoms with Crippen molar-refractivity contribution in [1.29, 1.82) is 0 Å². The number of nitrogens with one attached hydrogen (secondary N) is 1. The first-order chi connectivity index (χ1) is 18.8. The molecule has 1 heterocycles. The fraction of sp³-hybridized carbons (Fsp3) is 0.167. The predicted molar refractivity (Wildman–Crippen MR) is 144 cm³/mol. The number of rotatable bonds is 10. The van der Waals surface area contributed by atoms with Gasteiger partial charge in [0, 0.05) is 5.56 Å². The van der Waals surface area contributed by atoms with Crippen LogP contribution in [0.15, 0.2) is 78.9 Å². The van der Waals surface area contributed by atoms with E-state index in [-0.39, 0.29) is 23.7 Å². The molecule has 0 aromatic heterocycles. The van der Waals surface area contributed by atoms with Crippen LogP contribution in [-0.2, 0) is 22.6 Å². The van der Waals surface area contributed by atoms with Gasteiger partial charge < -0.3 is 14.2 Å². The number of methoxy groups -OCH3 is 1. The summed E-state index contributed by atoms with van der Waals surface area (Å²) >= 11 is 0. The van der Waals surface area contributed by atoms with E-state index in [0.29, 0.717) is 47.0 Å². The number of benzene rings is 3. The average molecular weight is 531 g/mol. The molecule has 0 unspecified atom stereocenters. The SMILES string of the molecule is C=CCc1cc(/C=C2\C(=O)NC(=O)N(c3ccc(OC)cc3)C2=O)cc(OCC)c1OCc1cccc(F)c1. The molecule has 1 N–H and O–H groups in total. The van der Waals surface area contributed by atoms with Crippen LogP contribution in [-0.4, -0.2) is 31.6 Å². The number of hydrogen-bond donors (Lipinski definition) is 1. The Morgan fingerprint density at radius 2 is 1.79 bits per heavy atom. The van der Waals surface area contributed by atoms with Crippen LogP contribution < -0.4 is 24.4 Å². The molecule has 3 aromatic carbocycles. The van der Waals surface area contributed by atoms with Crippen LogP contribution in [0.3, 0.4) is 0 Å². The van der Waals surface area contributed by atoms with Gasteiger partial charge in [-0.1, -0.05) is 18.2 Å². The maximum absolute atomic E-state index is 13.6. The third kappa shape index (κ3) is 6.15. The van der Waals surface area contributed by atoms with Gasteiger partial charge >= 0.3 is 6.03 Å². The number of imide groups is 2. The maximum atomic E-state index is 13.6. The van der Waals surface area contributed by atoms with E-state index in [2.05, 4.69) is 11.9 Å². The molecular weight excluding hydrogens is 503 g/mol. The van der Waals surface area contributed by atoms with E-state index in [9.17, 15) is 18.8 Å². The molecule has 1 aliphatic heterocycles. The monoisotopic (exact) mass is 530 g/mol. The molecular formula is C30H27FN2O6. The minimum atomic E-state index is -0.851. The van der Waals surface area contributed by atoms with Gasteiger partial charge in [0.25, 0.3) is 11.8 Å². The van der Waals surface area contributed by atoms with Gasteiger partial charge in [-0.05, 0) is 79.1 Å². The molecule has 0 aliphatic carbocycles. The molecule has 0 spiro atoms. The van der Waals surface area contributed by atoms with E-state index in [1.165, 1.54) is 25.3 Å². The molecule has 1 fully saturated rings. The largest absolute Gasteiger partial charge is 0.497 e. The summed E-state index contributed by atoms with van der Waals surface area (Å²) in [5.74, 6) is -0.585. The van der Waals surface area contributed by atoms with Crippen LogP contribution in [0.5, 0.6) is 17.2 Å². The van der Waals surface area contributed by atoms with Gasteiger partial charge in [0.2, 0.25) is 0 Å². The van der Waals surface area contributed by atoms with Crippen molar-refractivity contribution in [3.8, 4) is 17.2 Å². The van der Waals surface area contributed by atoms with Gasteiger partial charge in [-0.25, -0.2) is 14.1 Å². The normalized spacial score (nSPS) is 14.3. The highest BCUT2D eigenvalue weighted by Gasteiger charge is 2.37. The van der Waals surface area contributed by atoms with E-state index >= 15 is 0 Å². The number of anilines is 1. The molecule has 1 saturated heterocycles. The molecule has 200 valence electrons. The van der Waals surface area contributed by atoms with Crippen molar-refractivity contribution in [2.75, 3.05) is 18.6 Å². The standard InChI is InChI=1S/C30H27FN2O6/c1-4-7-21-14-20(17-26(38-5-2)27(21)39-18-19-8-6-9-22(31)15-19)16-25-28(34)32-30(36)33(29(25)35)23-10-12-24(37-3)13-11-23/h4,6,8-17H,1,5,7,18H2,2-3H3,(H,32,34,36)/b25-16+. The molecule has 9 heteroatoms. The Bertz CT molecular complexity index is 1450. The number of barbiturate groups is 1. The van der Waals surface area contributed by atoms with E-state index in [1.54, 1.807) is 54.6 Å². The number of carbonyl (C=O) groups excluding carboxylic acids is 3. The Labute approximate surface area is 225 Å². The summed E-state index contributed by atoms with van der Waals surface area (Å²) < 4.78 is 30.6. The molecule has 39 heavy (non-hydrogen) atoms. The van der Waals surface area contributed by atoms with Gasteiger partial charge in [0.1, 0.15) is 23.7 Å². The number of amides is 4. The summed E-state index contributed by atoms with van der Waals surface area (Å²) in [5, 5.41) is 2.22. The van der Waals surface area contributed by atoms with Crippen LogP contribution in [0.4, 0.5) is 14.9 Å². The highest BCUT2D eigenvalue weighted by molar-refractivity contribution is 6.39. The molecule has 0 bridgehead atoms. The van der Waals surface area contributed by atoms with E-state index in [0.717, 1.165) is 4.90 Å². The highest BCUT2D eigenvalue weighted by atomic mass is 19.1. The Kier molecular flexibility index (Phi) is 8.40. The fourth-order valence-corrected chi connectivity index (χ4v) is 4.07. The van der Waals surface area contributed by atoms with Crippen LogP contribution in [0, 0.1) is 5.82 Å². The van der Waals surface area contributed by atoms with Crippen molar-refractivity contribution >= 4 is 29.6 Å². The van der Waals surface area contributed by atoms with Gasteiger partial charge in [0.15, 0.2) is 11.5 Å². The lowest BCUT2D eigenvalue weighted by molar-refractivity contribution is -0.122. The lowest BCUT2D eigenvalue weighted by Crippen LogP contribution is -2.54. The van der Waals surface area contributed by atoms with Crippen LogP contribution in [0.1, 0.15) is 23.6 Å². The van der Waals surface area contributed by atoms with Crippen molar-refractivity contribution in [2.24, 2.45) is 0 Å². The topological polar surface area (TPSA) is 94.2 Å². The average Bonchev–Trinajstić information content (AvgIpc) is 2.91. The summed E-state index contributed by atoms with van der Waals surface area (Å²) in [4.78, 5) is 39.5. The van der Waals surface area contributed by atoms with Crippen molar-refractivity contribution in [3.63, 3.8) is 0 Å². The number of ether oxygens (including phenoxy) is 3. The summed E-state index contributed by atoms with van der Waals surface area (Å²) in [6.07, 6.45) is 3.47. The summed E-state index contributed by atoms with van der Waals surface area (Å²) in [7, 11) is 1.50. The van der Waals surface area contributed by atoms with Crippen LogP contribution >= 0.6 is 0 Å². The number of halogens is 1. The lowest BCUT2D eigenvalue weighted by atomic mass is 10.0. The molecule has 1 aliphatic rings. The van der Waals surface area contributed by atoms with Crippen molar-refractivity contribution in [3.05, 3.63) is 101 Å². The number of carbonyl (C=O) groups is 3. The Balaban J connectivity index is 1.71. The van der Waals surface area contributed by atoms with Gasteiger partial charge in [-0.15, -0.1) is 6.58 Å². The first-order valence-corrected chi connectivity index (χ1v) is 12.2. The second kappa shape index (κ2) is 12.1. The van der Waals surface area contributed by atoms with E-state index in [4.69, 9.17) is 14.2 Å². The number of nitrogens with zero attached hydrogens (tertiary/aromatic N) is 1. The van der Waals surface area contributed by atoms with E-state index < -0.39 is 17.8 Å². The van der Waals surface area contributed by atoms with E-state index in [1.807, 2.05) is 6.92 Å². The van der Waals surface area contributed by atoms with Gasteiger partial charge in [-0.3, -0.25) is 14.9 Å². The van der Waals surface area contributed by atoms with Crippen molar-refractivity contribution in [2.45, 2.75) is 20.0 Å². The van der Waals surface area contributed by atoms with Crippen molar-refractivity contribution < 1.29 is 33.0 Å². The Morgan fingerprint density at radius 3 is 2.46 bits per heavy atom. The third-order valence-electron chi connectivity index (χ3n) is 5.83. The zero-order valence-electron chi connectivity index (χ0n) is 21.5. The van der Waals surface area contributed by atoms with Gasteiger partial charge in [0.05, 0.1) is 19.4 Å². The predicted octanol–water partition coefficient (Wildman–Crippen LogP) is 5.21. The molecule has 0 radical (unpaired) electrons. The van der Waals surface area contributed by atoms with Crippen LogP contribution in [0.2, 0.25) is 0 Å².